The van der Waals surface area contributed by atoms with E-state index in [9.17, 15) is 4.79 Å². The number of hydrogen-bond acceptors (Lipinski definition) is 5. The van der Waals surface area contributed by atoms with Gasteiger partial charge in [0.1, 0.15) is 18.0 Å². The molecule has 0 aliphatic carbocycles. The Bertz CT molecular complexity index is 856. The number of aryl methyl sites for hydroxylation is 2. The summed E-state index contributed by atoms with van der Waals surface area (Å²) >= 11 is 0. The van der Waals surface area contributed by atoms with Gasteiger partial charge in [0.25, 0.3) is 0 Å². The van der Waals surface area contributed by atoms with Crippen LogP contribution in [0.3, 0.4) is 0 Å². The molecule has 6 nitrogen and oxygen atoms in total. The third-order valence-corrected chi connectivity index (χ3v) is 5.75. The standard InChI is InChI=1S/C26H37N3O3/c1-20-23(31-19-22-11-6-5-7-12-22)18-27-24(28-20)13-9-8-10-21-14-16-29(17-15-21)25(30)32-26(2,3)4/h5-7,11-12,18,21H,8-10,13-17,19H2,1-4H3. The summed E-state index contributed by atoms with van der Waals surface area (Å²) in [6.07, 6.45) is 8.05. The first-order valence-corrected chi connectivity index (χ1v) is 11.8. The van der Waals surface area contributed by atoms with Crippen LogP contribution in [-0.4, -0.2) is 39.7 Å². The Balaban J connectivity index is 1.34. The summed E-state index contributed by atoms with van der Waals surface area (Å²) in [5.74, 6) is 2.31. The lowest BCUT2D eigenvalue weighted by Gasteiger charge is -2.33. The van der Waals surface area contributed by atoms with E-state index in [2.05, 4.69) is 9.97 Å². The van der Waals surface area contributed by atoms with Crippen LogP contribution >= 0.6 is 0 Å². The zero-order valence-corrected chi connectivity index (χ0v) is 20.0. The number of ether oxygens (including phenoxy) is 2. The average Bonchev–Trinajstić information content (AvgIpc) is 2.76. The van der Waals surface area contributed by atoms with E-state index in [4.69, 9.17) is 9.47 Å². The zero-order chi connectivity index (χ0) is 23.0. The fraction of sp³-hybridized carbons (Fsp3) is 0.577. The Hall–Kier alpha value is -2.63. The number of rotatable bonds is 8. The smallest absolute Gasteiger partial charge is 0.410 e. The van der Waals surface area contributed by atoms with Crippen molar-refractivity contribution >= 4 is 6.09 Å². The first-order valence-electron chi connectivity index (χ1n) is 11.8. The van der Waals surface area contributed by atoms with Gasteiger partial charge < -0.3 is 14.4 Å². The summed E-state index contributed by atoms with van der Waals surface area (Å²) in [6.45, 7) is 9.83. The summed E-state index contributed by atoms with van der Waals surface area (Å²) in [4.78, 5) is 23.2. The number of benzene rings is 1. The molecule has 0 spiro atoms. The van der Waals surface area contributed by atoms with E-state index < -0.39 is 5.60 Å². The average molecular weight is 440 g/mol. The summed E-state index contributed by atoms with van der Waals surface area (Å²) < 4.78 is 11.4. The van der Waals surface area contributed by atoms with Crippen LogP contribution in [0, 0.1) is 12.8 Å². The largest absolute Gasteiger partial charge is 0.485 e. The molecule has 2 heterocycles. The molecule has 1 aliphatic rings. The number of unbranched alkanes of at least 4 members (excludes halogenated alkanes) is 1. The molecule has 174 valence electrons. The van der Waals surface area contributed by atoms with E-state index in [-0.39, 0.29) is 6.09 Å². The Labute approximate surface area is 192 Å². The molecule has 0 radical (unpaired) electrons. The lowest BCUT2D eigenvalue weighted by atomic mass is 9.91. The van der Waals surface area contributed by atoms with Crippen LogP contribution < -0.4 is 4.74 Å². The predicted molar refractivity (Wildman–Crippen MR) is 126 cm³/mol. The molecule has 0 atom stereocenters. The van der Waals surface area contributed by atoms with Crippen molar-refractivity contribution in [2.75, 3.05) is 13.1 Å². The molecular weight excluding hydrogens is 402 g/mol. The molecule has 3 rings (SSSR count). The van der Waals surface area contributed by atoms with Gasteiger partial charge >= 0.3 is 6.09 Å². The number of piperidine rings is 1. The molecule has 1 amide bonds. The Morgan fingerprint density at radius 2 is 1.84 bits per heavy atom. The van der Waals surface area contributed by atoms with E-state index in [0.29, 0.717) is 12.5 Å². The second kappa shape index (κ2) is 11.3. The molecule has 0 N–H and O–H groups in total. The van der Waals surface area contributed by atoms with Crippen LogP contribution in [0.5, 0.6) is 5.75 Å². The van der Waals surface area contributed by atoms with E-state index >= 15 is 0 Å². The molecular formula is C26H37N3O3. The SMILES string of the molecule is Cc1nc(CCCCC2CCN(C(=O)OC(C)(C)C)CC2)ncc1OCc1ccccc1. The molecule has 1 aromatic heterocycles. The number of hydrogen-bond donors (Lipinski definition) is 0. The molecule has 0 unspecified atom stereocenters. The number of likely N-dealkylation sites (tertiary alicyclic amines) is 1. The first-order chi connectivity index (χ1) is 15.3. The third kappa shape index (κ3) is 7.81. The lowest BCUT2D eigenvalue weighted by molar-refractivity contribution is 0.0180. The summed E-state index contributed by atoms with van der Waals surface area (Å²) in [5.41, 5.74) is 1.59. The molecule has 1 aromatic carbocycles. The van der Waals surface area contributed by atoms with E-state index in [0.717, 1.165) is 68.0 Å². The van der Waals surface area contributed by atoms with Crippen molar-refractivity contribution in [3.05, 3.63) is 53.6 Å². The van der Waals surface area contributed by atoms with Crippen LogP contribution in [0.25, 0.3) is 0 Å². The van der Waals surface area contributed by atoms with Gasteiger partial charge in [-0.2, -0.15) is 0 Å². The maximum atomic E-state index is 12.2. The molecule has 6 heteroatoms. The summed E-state index contributed by atoms with van der Waals surface area (Å²) in [5, 5.41) is 0. The van der Waals surface area contributed by atoms with Crippen molar-refractivity contribution in [3.63, 3.8) is 0 Å². The second-order valence-corrected chi connectivity index (χ2v) is 9.67. The minimum Gasteiger partial charge on any atom is -0.485 e. The van der Waals surface area contributed by atoms with Gasteiger partial charge in [0.05, 0.1) is 11.9 Å². The number of aromatic nitrogens is 2. The van der Waals surface area contributed by atoms with Crippen LogP contribution in [-0.2, 0) is 17.8 Å². The van der Waals surface area contributed by atoms with Crippen molar-refractivity contribution in [2.24, 2.45) is 5.92 Å². The highest BCUT2D eigenvalue weighted by Gasteiger charge is 2.26. The highest BCUT2D eigenvalue weighted by molar-refractivity contribution is 5.68. The van der Waals surface area contributed by atoms with Crippen LogP contribution in [0.15, 0.2) is 36.5 Å². The Morgan fingerprint density at radius 1 is 1.12 bits per heavy atom. The highest BCUT2D eigenvalue weighted by Crippen LogP contribution is 2.24. The maximum Gasteiger partial charge on any atom is 0.410 e. The first kappa shape index (κ1) is 24.0. The Kier molecular flexibility index (Phi) is 8.48. The number of carbonyl (C=O) groups is 1. The molecule has 1 fully saturated rings. The van der Waals surface area contributed by atoms with Crippen molar-refractivity contribution < 1.29 is 14.3 Å². The van der Waals surface area contributed by atoms with Gasteiger partial charge in [-0.1, -0.05) is 43.2 Å². The molecule has 2 aromatic rings. The van der Waals surface area contributed by atoms with Gasteiger partial charge in [-0.3, -0.25) is 0 Å². The van der Waals surface area contributed by atoms with Crippen LogP contribution in [0.2, 0.25) is 0 Å². The minimum absolute atomic E-state index is 0.181. The number of nitrogens with zero attached hydrogens (tertiary/aromatic N) is 3. The number of carbonyl (C=O) groups excluding carboxylic acids is 1. The van der Waals surface area contributed by atoms with Crippen molar-refractivity contribution in [1.29, 1.82) is 0 Å². The summed E-state index contributed by atoms with van der Waals surface area (Å²) in [6, 6.07) is 10.1. The molecule has 1 aliphatic heterocycles. The van der Waals surface area contributed by atoms with E-state index in [1.54, 1.807) is 6.20 Å². The van der Waals surface area contributed by atoms with Gasteiger partial charge in [-0.25, -0.2) is 14.8 Å². The van der Waals surface area contributed by atoms with Crippen LogP contribution in [0.1, 0.15) is 70.0 Å². The molecule has 0 bridgehead atoms. The van der Waals surface area contributed by atoms with Crippen molar-refractivity contribution in [1.82, 2.24) is 14.9 Å². The van der Waals surface area contributed by atoms with Crippen molar-refractivity contribution in [3.8, 4) is 5.75 Å². The van der Waals surface area contributed by atoms with Gasteiger partial charge in [0.2, 0.25) is 0 Å². The van der Waals surface area contributed by atoms with Gasteiger partial charge in [-0.05, 0) is 58.4 Å². The molecule has 0 saturated carbocycles. The quantitative estimate of drug-likeness (QED) is 0.492. The maximum absolute atomic E-state index is 12.2. The topological polar surface area (TPSA) is 64.6 Å². The fourth-order valence-corrected chi connectivity index (χ4v) is 3.95. The van der Waals surface area contributed by atoms with E-state index in [1.165, 1.54) is 6.42 Å². The normalized spacial score (nSPS) is 14.9. The lowest BCUT2D eigenvalue weighted by Crippen LogP contribution is -2.41. The molecule has 1 saturated heterocycles. The molecule has 32 heavy (non-hydrogen) atoms. The van der Waals surface area contributed by atoms with Gasteiger partial charge in [0.15, 0.2) is 5.75 Å². The highest BCUT2D eigenvalue weighted by atomic mass is 16.6. The Morgan fingerprint density at radius 3 is 2.50 bits per heavy atom. The summed E-state index contributed by atoms with van der Waals surface area (Å²) in [7, 11) is 0. The fourth-order valence-electron chi connectivity index (χ4n) is 3.95. The zero-order valence-electron chi connectivity index (χ0n) is 20.0. The van der Waals surface area contributed by atoms with Crippen LogP contribution in [0.4, 0.5) is 4.79 Å². The second-order valence-electron chi connectivity index (χ2n) is 9.67. The monoisotopic (exact) mass is 439 g/mol. The van der Waals surface area contributed by atoms with Gasteiger partial charge in [-0.15, -0.1) is 0 Å². The van der Waals surface area contributed by atoms with Gasteiger partial charge in [0, 0.05) is 19.5 Å². The third-order valence-electron chi connectivity index (χ3n) is 5.75. The van der Waals surface area contributed by atoms with Crippen molar-refractivity contribution in [2.45, 2.75) is 78.4 Å². The number of amides is 1. The van der Waals surface area contributed by atoms with E-state index in [1.807, 2.05) is 62.9 Å². The minimum atomic E-state index is -0.430. The predicted octanol–water partition coefficient (Wildman–Crippen LogP) is 5.72.